The van der Waals surface area contributed by atoms with E-state index >= 15 is 0 Å². The smallest absolute Gasteiger partial charge is 0.0882 e. The molecule has 2 nitrogen and oxygen atoms in total. The van der Waals surface area contributed by atoms with Crippen molar-refractivity contribution in [2.45, 2.75) is 46.3 Å². The summed E-state index contributed by atoms with van der Waals surface area (Å²) in [4.78, 5) is 0. The second kappa shape index (κ2) is 3.35. The number of ether oxygens (including phenoxy) is 1. The second-order valence-corrected chi connectivity index (χ2v) is 5.03. The first-order valence-corrected chi connectivity index (χ1v) is 4.71. The predicted molar refractivity (Wildman–Crippen MR) is 49.0 cm³/mol. The maximum atomic E-state index is 9.75. The van der Waals surface area contributed by atoms with Crippen molar-refractivity contribution in [2.75, 3.05) is 6.61 Å². The number of hydrogen-bond acceptors (Lipinski definition) is 2. The second-order valence-electron chi connectivity index (χ2n) is 5.03. The third kappa shape index (κ3) is 2.20. The van der Waals surface area contributed by atoms with E-state index < -0.39 is 0 Å². The van der Waals surface area contributed by atoms with Crippen LogP contribution in [0.1, 0.15) is 34.1 Å². The van der Waals surface area contributed by atoms with Crippen LogP contribution in [0.4, 0.5) is 0 Å². The standard InChI is InChI=1S/C10H20O2/c1-7-5-8(11)9(12-6-7)10(2,3)4/h7-9,11H,5-6H2,1-4H3. The molecule has 0 radical (unpaired) electrons. The van der Waals surface area contributed by atoms with Gasteiger partial charge >= 0.3 is 0 Å². The molecule has 72 valence electrons. The summed E-state index contributed by atoms with van der Waals surface area (Å²) in [6.45, 7) is 9.23. The van der Waals surface area contributed by atoms with Crippen LogP contribution in [-0.2, 0) is 4.74 Å². The first kappa shape index (κ1) is 10.0. The van der Waals surface area contributed by atoms with Crippen molar-refractivity contribution in [3.05, 3.63) is 0 Å². The molecule has 1 rings (SSSR count). The normalized spacial score (nSPS) is 38.2. The maximum absolute atomic E-state index is 9.75. The van der Waals surface area contributed by atoms with Gasteiger partial charge in [0.25, 0.3) is 0 Å². The zero-order chi connectivity index (χ0) is 9.35. The fraction of sp³-hybridized carbons (Fsp3) is 1.00. The van der Waals surface area contributed by atoms with Crippen molar-refractivity contribution in [3.63, 3.8) is 0 Å². The molecule has 12 heavy (non-hydrogen) atoms. The number of aliphatic hydroxyl groups is 1. The fourth-order valence-electron chi connectivity index (χ4n) is 1.81. The van der Waals surface area contributed by atoms with Crippen molar-refractivity contribution in [3.8, 4) is 0 Å². The Morgan fingerprint density at radius 3 is 2.33 bits per heavy atom. The average molecular weight is 172 g/mol. The number of rotatable bonds is 0. The summed E-state index contributed by atoms with van der Waals surface area (Å²) in [5.41, 5.74) is 0.0551. The van der Waals surface area contributed by atoms with E-state index in [1.54, 1.807) is 0 Å². The molecule has 3 atom stereocenters. The molecule has 0 bridgehead atoms. The molecular weight excluding hydrogens is 152 g/mol. The lowest BCUT2D eigenvalue weighted by molar-refractivity contribution is -0.138. The molecule has 3 unspecified atom stereocenters. The SMILES string of the molecule is CC1COC(C(C)(C)C)C(O)C1. The Kier molecular flexibility index (Phi) is 2.79. The van der Waals surface area contributed by atoms with Crippen molar-refractivity contribution in [1.82, 2.24) is 0 Å². The molecule has 0 amide bonds. The highest BCUT2D eigenvalue weighted by Gasteiger charge is 2.36. The summed E-state index contributed by atoms with van der Waals surface area (Å²) in [7, 11) is 0. The van der Waals surface area contributed by atoms with Gasteiger partial charge < -0.3 is 9.84 Å². The molecule has 0 aromatic heterocycles. The molecule has 0 aliphatic carbocycles. The first-order valence-electron chi connectivity index (χ1n) is 4.71. The van der Waals surface area contributed by atoms with Crippen molar-refractivity contribution >= 4 is 0 Å². The molecule has 1 aliphatic rings. The minimum Gasteiger partial charge on any atom is -0.390 e. The lowest BCUT2D eigenvalue weighted by Crippen LogP contribution is -2.45. The lowest BCUT2D eigenvalue weighted by Gasteiger charge is -2.39. The lowest BCUT2D eigenvalue weighted by atomic mass is 9.81. The highest BCUT2D eigenvalue weighted by atomic mass is 16.5. The highest BCUT2D eigenvalue weighted by molar-refractivity contribution is 4.85. The Hall–Kier alpha value is -0.0800. The van der Waals surface area contributed by atoms with Gasteiger partial charge in [-0.2, -0.15) is 0 Å². The summed E-state index contributed by atoms with van der Waals surface area (Å²) in [5.74, 6) is 0.499. The molecule has 2 heteroatoms. The van der Waals surface area contributed by atoms with Gasteiger partial charge in [0.2, 0.25) is 0 Å². The first-order chi connectivity index (χ1) is 5.41. The van der Waals surface area contributed by atoms with Crippen LogP contribution >= 0.6 is 0 Å². The monoisotopic (exact) mass is 172 g/mol. The van der Waals surface area contributed by atoms with Gasteiger partial charge in [-0.25, -0.2) is 0 Å². The molecule has 1 N–H and O–H groups in total. The van der Waals surface area contributed by atoms with Gasteiger partial charge in [-0.3, -0.25) is 0 Å². The molecule has 1 heterocycles. The Morgan fingerprint density at radius 1 is 1.33 bits per heavy atom. The highest BCUT2D eigenvalue weighted by Crippen LogP contribution is 2.31. The fourth-order valence-corrected chi connectivity index (χ4v) is 1.81. The molecule has 0 aromatic carbocycles. The van der Waals surface area contributed by atoms with Crippen LogP contribution in [0.25, 0.3) is 0 Å². The van der Waals surface area contributed by atoms with Gasteiger partial charge in [0.05, 0.1) is 12.2 Å². The minimum absolute atomic E-state index is 0.00806. The van der Waals surface area contributed by atoms with Gasteiger partial charge in [0.15, 0.2) is 0 Å². The van der Waals surface area contributed by atoms with Crippen LogP contribution < -0.4 is 0 Å². The molecule has 0 spiro atoms. The predicted octanol–water partition coefficient (Wildman–Crippen LogP) is 1.82. The van der Waals surface area contributed by atoms with Crippen LogP contribution in [-0.4, -0.2) is 23.9 Å². The van der Waals surface area contributed by atoms with Crippen LogP contribution in [0.3, 0.4) is 0 Å². The van der Waals surface area contributed by atoms with E-state index in [2.05, 4.69) is 27.7 Å². The zero-order valence-electron chi connectivity index (χ0n) is 8.50. The van der Waals surface area contributed by atoms with Gasteiger partial charge in [-0.05, 0) is 17.8 Å². The Bertz CT molecular complexity index is 148. The summed E-state index contributed by atoms with van der Waals surface area (Å²) in [5, 5.41) is 9.75. The molecule has 1 aliphatic heterocycles. The van der Waals surface area contributed by atoms with E-state index in [1.807, 2.05) is 0 Å². The van der Waals surface area contributed by atoms with E-state index in [0.29, 0.717) is 5.92 Å². The summed E-state index contributed by atoms with van der Waals surface area (Å²) >= 11 is 0. The molecule has 0 aromatic rings. The van der Waals surface area contributed by atoms with E-state index in [1.165, 1.54) is 0 Å². The topological polar surface area (TPSA) is 29.5 Å². The zero-order valence-corrected chi connectivity index (χ0v) is 8.50. The van der Waals surface area contributed by atoms with Crippen molar-refractivity contribution in [2.24, 2.45) is 11.3 Å². The maximum Gasteiger partial charge on any atom is 0.0882 e. The van der Waals surface area contributed by atoms with Crippen LogP contribution in [0.15, 0.2) is 0 Å². The average Bonchev–Trinajstić information content (AvgIpc) is 1.83. The molecular formula is C10H20O2. The number of aliphatic hydroxyl groups excluding tert-OH is 1. The summed E-state index contributed by atoms with van der Waals surface area (Å²) in [6.07, 6.45) is 0.601. The Morgan fingerprint density at radius 2 is 1.92 bits per heavy atom. The summed E-state index contributed by atoms with van der Waals surface area (Å²) in [6, 6.07) is 0. The molecule has 1 fully saturated rings. The Balaban J connectivity index is 2.57. The quantitative estimate of drug-likeness (QED) is 0.604. The largest absolute Gasteiger partial charge is 0.390 e. The van der Waals surface area contributed by atoms with Gasteiger partial charge in [-0.15, -0.1) is 0 Å². The van der Waals surface area contributed by atoms with Crippen LogP contribution in [0.5, 0.6) is 0 Å². The third-order valence-electron chi connectivity index (χ3n) is 2.41. The Labute approximate surface area is 74.9 Å². The van der Waals surface area contributed by atoms with E-state index in [0.717, 1.165) is 13.0 Å². The summed E-state index contributed by atoms with van der Waals surface area (Å²) < 4.78 is 5.62. The molecule has 1 saturated heterocycles. The van der Waals surface area contributed by atoms with Gasteiger partial charge in [0.1, 0.15) is 0 Å². The van der Waals surface area contributed by atoms with Gasteiger partial charge in [-0.1, -0.05) is 27.7 Å². The third-order valence-corrected chi connectivity index (χ3v) is 2.41. The van der Waals surface area contributed by atoms with E-state index in [-0.39, 0.29) is 17.6 Å². The van der Waals surface area contributed by atoms with Gasteiger partial charge in [0, 0.05) is 6.61 Å². The van der Waals surface area contributed by atoms with Crippen molar-refractivity contribution in [1.29, 1.82) is 0 Å². The van der Waals surface area contributed by atoms with Crippen molar-refractivity contribution < 1.29 is 9.84 Å². The minimum atomic E-state index is -0.284. The van der Waals surface area contributed by atoms with E-state index in [9.17, 15) is 5.11 Å². The van der Waals surface area contributed by atoms with Crippen LogP contribution in [0, 0.1) is 11.3 Å². The van der Waals surface area contributed by atoms with E-state index in [4.69, 9.17) is 4.74 Å². The van der Waals surface area contributed by atoms with Crippen LogP contribution in [0.2, 0.25) is 0 Å². The molecule has 0 saturated carbocycles. The number of hydrogen-bond donors (Lipinski definition) is 1.